The highest BCUT2D eigenvalue weighted by molar-refractivity contribution is 5.82. The van der Waals surface area contributed by atoms with Crippen molar-refractivity contribution >= 4 is 17.6 Å². The van der Waals surface area contributed by atoms with Gasteiger partial charge in [0.25, 0.3) is 0 Å². The van der Waals surface area contributed by atoms with Gasteiger partial charge in [-0.25, -0.2) is 4.39 Å². The number of hydrogen-bond donors (Lipinski definition) is 0. The zero-order valence-corrected chi connectivity index (χ0v) is 21.5. The number of nitrogens with zero attached hydrogens (tertiary/aromatic N) is 3. The molecule has 1 aliphatic carbocycles. The van der Waals surface area contributed by atoms with Crippen LogP contribution in [0.3, 0.4) is 0 Å². The van der Waals surface area contributed by atoms with Gasteiger partial charge in [0.1, 0.15) is 11.6 Å². The number of likely N-dealkylation sites (tertiary alicyclic amines) is 1. The number of rotatable bonds is 7. The SMILES string of the molecule is CC(=O)N1CCC(CC(=O)Cc2cc(F)cc(CN3CCN(C(=O)C4CCCC4)[C@@H](C)C3)c2C)C1. The molecule has 1 unspecified atom stereocenters. The van der Waals surface area contributed by atoms with Crippen molar-refractivity contribution in [2.75, 3.05) is 32.7 Å². The third kappa shape index (κ3) is 6.29. The fourth-order valence-corrected chi connectivity index (χ4v) is 6.19. The van der Waals surface area contributed by atoms with Gasteiger partial charge in [-0.1, -0.05) is 12.8 Å². The molecule has 0 N–H and O–H groups in total. The third-order valence-corrected chi connectivity index (χ3v) is 8.32. The molecule has 192 valence electrons. The number of piperazine rings is 1. The molecule has 0 radical (unpaired) electrons. The Hall–Kier alpha value is -2.28. The summed E-state index contributed by atoms with van der Waals surface area (Å²) in [4.78, 5) is 43.4. The van der Waals surface area contributed by atoms with E-state index >= 15 is 0 Å². The van der Waals surface area contributed by atoms with E-state index in [1.165, 1.54) is 6.07 Å². The summed E-state index contributed by atoms with van der Waals surface area (Å²) in [6, 6.07) is 3.23. The second kappa shape index (κ2) is 11.2. The lowest BCUT2D eigenvalue weighted by Gasteiger charge is -2.41. The molecule has 2 saturated heterocycles. The van der Waals surface area contributed by atoms with Gasteiger partial charge in [-0.05, 0) is 67.9 Å². The minimum Gasteiger partial charge on any atom is -0.343 e. The lowest BCUT2D eigenvalue weighted by Crippen LogP contribution is -2.54. The van der Waals surface area contributed by atoms with Crippen molar-refractivity contribution < 1.29 is 18.8 Å². The molecular weight excluding hydrogens is 445 g/mol. The van der Waals surface area contributed by atoms with Crippen LogP contribution in [0.15, 0.2) is 12.1 Å². The Morgan fingerprint density at radius 1 is 1.00 bits per heavy atom. The molecule has 3 fully saturated rings. The zero-order chi connectivity index (χ0) is 25.1. The van der Waals surface area contributed by atoms with Crippen LogP contribution in [0.1, 0.15) is 69.1 Å². The Bertz CT molecular complexity index is 959. The van der Waals surface area contributed by atoms with Gasteiger partial charge in [-0.15, -0.1) is 0 Å². The molecule has 1 saturated carbocycles. The van der Waals surface area contributed by atoms with E-state index in [-0.39, 0.29) is 41.8 Å². The second-order valence-electron chi connectivity index (χ2n) is 11.0. The Labute approximate surface area is 208 Å². The largest absolute Gasteiger partial charge is 0.343 e. The van der Waals surface area contributed by atoms with Crippen molar-refractivity contribution in [1.29, 1.82) is 0 Å². The smallest absolute Gasteiger partial charge is 0.226 e. The lowest BCUT2D eigenvalue weighted by molar-refractivity contribution is -0.140. The standard InChI is InChI=1S/C28H40FN3O3/c1-19-16-30(10-11-32(19)28(35)23-6-4-5-7-23)18-25-14-26(29)13-24(20(25)2)15-27(34)12-22-8-9-31(17-22)21(3)33/h13-14,19,22-23H,4-12,15-18H2,1-3H3/t19-,22?/m0/s1. The van der Waals surface area contributed by atoms with E-state index in [2.05, 4.69) is 11.8 Å². The van der Waals surface area contributed by atoms with E-state index in [4.69, 9.17) is 0 Å². The number of amides is 2. The van der Waals surface area contributed by atoms with Crippen molar-refractivity contribution in [3.63, 3.8) is 0 Å². The first-order chi connectivity index (χ1) is 16.7. The van der Waals surface area contributed by atoms with Gasteiger partial charge >= 0.3 is 0 Å². The summed E-state index contributed by atoms with van der Waals surface area (Å²) in [5, 5.41) is 0. The summed E-state index contributed by atoms with van der Waals surface area (Å²) in [5.74, 6) is 0.566. The number of halogens is 1. The van der Waals surface area contributed by atoms with Gasteiger partial charge in [0.05, 0.1) is 0 Å². The summed E-state index contributed by atoms with van der Waals surface area (Å²) in [6.07, 6.45) is 5.87. The lowest BCUT2D eigenvalue weighted by atomic mass is 9.93. The quantitative estimate of drug-likeness (QED) is 0.591. The van der Waals surface area contributed by atoms with Gasteiger partial charge in [-0.2, -0.15) is 0 Å². The summed E-state index contributed by atoms with van der Waals surface area (Å²) in [7, 11) is 0. The summed E-state index contributed by atoms with van der Waals surface area (Å²) < 4.78 is 14.5. The fraction of sp³-hybridized carbons (Fsp3) is 0.679. The third-order valence-electron chi connectivity index (χ3n) is 8.32. The van der Waals surface area contributed by atoms with Crippen LogP contribution in [0.4, 0.5) is 4.39 Å². The molecule has 2 aliphatic heterocycles. The molecule has 0 bridgehead atoms. The van der Waals surface area contributed by atoms with Crippen LogP contribution < -0.4 is 0 Å². The number of benzene rings is 1. The number of hydrogen-bond acceptors (Lipinski definition) is 4. The highest BCUT2D eigenvalue weighted by Gasteiger charge is 2.33. The molecule has 3 aliphatic rings. The zero-order valence-electron chi connectivity index (χ0n) is 21.5. The molecule has 7 heteroatoms. The maximum absolute atomic E-state index is 14.5. The van der Waals surface area contributed by atoms with Gasteiger partial charge < -0.3 is 9.80 Å². The molecule has 2 heterocycles. The normalized spacial score (nSPS) is 23.8. The van der Waals surface area contributed by atoms with Crippen molar-refractivity contribution in [2.45, 2.75) is 78.3 Å². The van der Waals surface area contributed by atoms with Crippen molar-refractivity contribution in [3.05, 3.63) is 34.6 Å². The number of carbonyl (C=O) groups is 3. The van der Waals surface area contributed by atoms with E-state index in [0.717, 1.165) is 68.4 Å². The van der Waals surface area contributed by atoms with E-state index in [9.17, 15) is 18.8 Å². The molecule has 1 aromatic rings. The topological polar surface area (TPSA) is 60.9 Å². The van der Waals surface area contributed by atoms with E-state index in [1.807, 2.05) is 11.8 Å². The Balaban J connectivity index is 1.34. The maximum Gasteiger partial charge on any atom is 0.226 e. The van der Waals surface area contributed by atoms with E-state index < -0.39 is 0 Å². The van der Waals surface area contributed by atoms with Crippen molar-refractivity contribution in [3.8, 4) is 0 Å². The average molecular weight is 486 g/mol. The van der Waals surface area contributed by atoms with E-state index in [0.29, 0.717) is 32.0 Å². The van der Waals surface area contributed by atoms with Crippen LogP contribution in [0.5, 0.6) is 0 Å². The highest BCUT2D eigenvalue weighted by Crippen LogP contribution is 2.29. The number of Topliss-reactive ketones (excluding diaryl/α,β-unsaturated/α-hetero) is 1. The second-order valence-corrected chi connectivity index (χ2v) is 11.0. The Morgan fingerprint density at radius 2 is 1.71 bits per heavy atom. The first kappa shape index (κ1) is 25.8. The molecule has 0 spiro atoms. The first-order valence-electron chi connectivity index (χ1n) is 13.3. The van der Waals surface area contributed by atoms with Crippen molar-refractivity contribution in [1.82, 2.24) is 14.7 Å². The fourth-order valence-electron chi connectivity index (χ4n) is 6.19. The molecule has 2 amide bonds. The van der Waals surface area contributed by atoms with Gasteiger partial charge in [0, 0.05) is 71.0 Å². The number of carbonyl (C=O) groups excluding carboxylic acids is 3. The minimum atomic E-state index is -0.305. The molecule has 1 aromatic carbocycles. The predicted molar refractivity (Wildman–Crippen MR) is 133 cm³/mol. The van der Waals surface area contributed by atoms with Crippen LogP contribution in [0.25, 0.3) is 0 Å². The molecular formula is C28H40FN3O3. The van der Waals surface area contributed by atoms with Crippen LogP contribution in [0.2, 0.25) is 0 Å². The average Bonchev–Trinajstić information content (AvgIpc) is 3.49. The predicted octanol–water partition coefficient (Wildman–Crippen LogP) is 3.73. The number of ketones is 1. The maximum atomic E-state index is 14.5. The Morgan fingerprint density at radius 3 is 2.37 bits per heavy atom. The highest BCUT2D eigenvalue weighted by atomic mass is 19.1. The molecule has 35 heavy (non-hydrogen) atoms. The Kier molecular flexibility index (Phi) is 8.25. The van der Waals surface area contributed by atoms with Crippen LogP contribution in [-0.4, -0.2) is 71.1 Å². The van der Waals surface area contributed by atoms with Gasteiger partial charge in [0.2, 0.25) is 11.8 Å². The van der Waals surface area contributed by atoms with Crippen molar-refractivity contribution in [2.24, 2.45) is 11.8 Å². The molecule has 4 rings (SSSR count). The molecule has 6 nitrogen and oxygen atoms in total. The molecule has 0 aromatic heterocycles. The van der Waals surface area contributed by atoms with Crippen LogP contribution in [-0.2, 0) is 27.3 Å². The van der Waals surface area contributed by atoms with Gasteiger partial charge in [0.15, 0.2) is 0 Å². The van der Waals surface area contributed by atoms with Crippen LogP contribution in [0, 0.1) is 24.6 Å². The minimum absolute atomic E-state index is 0.0589. The monoisotopic (exact) mass is 485 g/mol. The molecule has 2 atom stereocenters. The first-order valence-corrected chi connectivity index (χ1v) is 13.3. The van der Waals surface area contributed by atoms with Crippen LogP contribution >= 0.6 is 0 Å². The summed E-state index contributed by atoms with van der Waals surface area (Å²) in [5.41, 5.74) is 2.65. The van der Waals surface area contributed by atoms with E-state index in [1.54, 1.807) is 17.9 Å². The summed E-state index contributed by atoms with van der Waals surface area (Å²) >= 11 is 0. The van der Waals surface area contributed by atoms with Gasteiger partial charge in [-0.3, -0.25) is 19.3 Å². The summed E-state index contributed by atoms with van der Waals surface area (Å²) in [6.45, 7) is 9.90.